The van der Waals surface area contributed by atoms with Gasteiger partial charge in [0, 0.05) is 40.9 Å². The molecule has 0 saturated heterocycles. The zero-order chi connectivity index (χ0) is 28.7. The van der Waals surface area contributed by atoms with Crippen molar-refractivity contribution in [2.75, 3.05) is 30.0 Å². The zero-order valence-electron chi connectivity index (χ0n) is 23.1. The summed E-state index contributed by atoms with van der Waals surface area (Å²) in [7, 11) is 1.48. The van der Waals surface area contributed by atoms with E-state index in [0.717, 1.165) is 29.9 Å². The van der Waals surface area contributed by atoms with Crippen molar-refractivity contribution in [2.45, 2.75) is 33.7 Å². The van der Waals surface area contributed by atoms with Crippen LogP contribution in [-0.2, 0) is 4.79 Å². The van der Waals surface area contributed by atoms with Gasteiger partial charge in [-0.1, -0.05) is 29.8 Å². The van der Waals surface area contributed by atoms with Gasteiger partial charge < -0.3 is 19.2 Å². The number of halogens is 1. The Kier molecular flexibility index (Phi) is 7.34. The summed E-state index contributed by atoms with van der Waals surface area (Å²) in [5.74, 6) is -1.50. The Morgan fingerprint density at radius 1 is 1.02 bits per heavy atom. The fourth-order valence-corrected chi connectivity index (χ4v) is 5.66. The second-order valence-electron chi connectivity index (χ2n) is 9.92. The Balaban J connectivity index is 1.66. The van der Waals surface area contributed by atoms with Gasteiger partial charge in [-0.3, -0.25) is 14.5 Å². The summed E-state index contributed by atoms with van der Waals surface area (Å²) in [6, 6.07) is 17.4. The van der Waals surface area contributed by atoms with Crippen LogP contribution in [0.1, 0.15) is 47.1 Å². The summed E-state index contributed by atoms with van der Waals surface area (Å²) in [5, 5.41) is 12.2. The van der Waals surface area contributed by atoms with E-state index in [4.69, 9.17) is 20.8 Å². The van der Waals surface area contributed by atoms with E-state index in [1.54, 1.807) is 18.2 Å². The number of furan rings is 1. The Hall–Kier alpha value is -4.23. The molecule has 5 rings (SSSR count). The number of aryl methyl sites for hydroxylation is 2. The second kappa shape index (κ2) is 10.7. The molecule has 1 N–H and O–H groups in total. The summed E-state index contributed by atoms with van der Waals surface area (Å²) >= 11 is 6.22. The first kappa shape index (κ1) is 27.3. The number of hydrogen-bond acceptors (Lipinski definition) is 6. The molecule has 0 fully saturated rings. The van der Waals surface area contributed by atoms with Crippen LogP contribution in [0.3, 0.4) is 0 Å². The summed E-state index contributed by atoms with van der Waals surface area (Å²) < 4.78 is 11.3. The van der Waals surface area contributed by atoms with E-state index in [2.05, 4.69) is 18.7 Å². The van der Waals surface area contributed by atoms with Crippen LogP contribution in [0.2, 0.25) is 5.02 Å². The van der Waals surface area contributed by atoms with Gasteiger partial charge in [0.1, 0.15) is 0 Å². The van der Waals surface area contributed by atoms with Crippen molar-refractivity contribution in [3.63, 3.8) is 0 Å². The van der Waals surface area contributed by atoms with Gasteiger partial charge in [-0.2, -0.15) is 0 Å². The molecule has 1 atom stereocenters. The van der Waals surface area contributed by atoms with Crippen molar-refractivity contribution in [2.24, 2.45) is 0 Å². The SMILES string of the molecule is CCN(CC)c1ccc(C2C(C(=O)c3cc4cc(Cl)cc(OC)c4o3)=C(O)C(=O)N2c2cc(C)cc(C)c2)cc1. The lowest BCUT2D eigenvalue weighted by Gasteiger charge is -2.28. The molecule has 0 aliphatic carbocycles. The number of carbonyl (C=O) groups excluding carboxylic acids is 2. The van der Waals surface area contributed by atoms with Crippen LogP contribution in [0, 0.1) is 13.8 Å². The largest absolute Gasteiger partial charge is 0.503 e. The third-order valence-electron chi connectivity index (χ3n) is 7.27. The summed E-state index contributed by atoms with van der Waals surface area (Å²) in [5.41, 5.74) is 4.52. The maximum Gasteiger partial charge on any atom is 0.294 e. The van der Waals surface area contributed by atoms with Crippen molar-refractivity contribution in [3.8, 4) is 5.75 Å². The number of anilines is 2. The van der Waals surface area contributed by atoms with Crippen LogP contribution in [0.15, 0.2) is 76.4 Å². The minimum atomic E-state index is -0.870. The summed E-state index contributed by atoms with van der Waals surface area (Å²) in [6.07, 6.45) is 0. The van der Waals surface area contributed by atoms with Crippen molar-refractivity contribution in [3.05, 3.63) is 99.5 Å². The lowest BCUT2D eigenvalue weighted by atomic mass is 9.94. The van der Waals surface area contributed by atoms with Gasteiger partial charge in [0.05, 0.1) is 18.7 Å². The second-order valence-corrected chi connectivity index (χ2v) is 10.4. The molecule has 1 aromatic heterocycles. The molecular weight excluding hydrogens is 528 g/mol. The van der Waals surface area contributed by atoms with Gasteiger partial charge in [-0.05, 0) is 80.8 Å². The zero-order valence-corrected chi connectivity index (χ0v) is 23.9. The summed E-state index contributed by atoms with van der Waals surface area (Å²) in [4.78, 5) is 31.4. The molecule has 0 spiro atoms. The highest BCUT2D eigenvalue weighted by Crippen LogP contribution is 2.43. The van der Waals surface area contributed by atoms with Crippen molar-refractivity contribution >= 4 is 45.6 Å². The van der Waals surface area contributed by atoms with Crippen LogP contribution in [0.25, 0.3) is 11.0 Å². The molecular formula is C32H31ClN2O5. The molecule has 1 aliphatic rings. The Labute approximate surface area is 238 Å². The third-order valence-corrected chi connectivity index (χ3v) is 7.48. The minimum absolute atomic E-state index is 0.0306. The quantitative estimate of drug-likeness (QED) is 0.228. The van der Waals surface area contributed by atoms with Gasteiger partial charge in [0.15, 0.2) is 22.9 Å². The number of carbonyl (C=O) groups is 2. The molecule has 0 bridgehead atoms. The predicted octanol–water partition coefficient (Wildman–Crippen LogP) is 7.34. The number of nitrogens with zero attached hydrogens (tertiary/aromatic N) is 2. The molecule has 3 aromatic carbocycles. The van der Waals surface area contributed by atoms with Gasteiger partial charge in [-0.15, -0.1) is 0 Å². The highest BCUT2D eigenvalue weighted by molar-refractivity contribution is 6.31. The van der Waals surface area contributed by atoms with E-state index < -0.39 is 23.5 Å². The monoisotopic (exact) mass is 558 g/mol. The lowest BCUT2D eigenvalue weighted by Crippen LogP contribution is -2.31. The van der Waals surface area contributed by atoms with Crippen LogP contribution < -0.4 is 14.5 Å². The molecule has 8 heteroatoms. The number of rotatable bonds is 8. The molecule has 1 amide bonds. The number of ether oxygens (including phenoxy) is 1. The fourth-order valence-electron chi connectivity index (χ4n) is 5.45. The molecule has 0 radical (unpaired) electrons. The first-order valence-corrected chi connectivity index (χ1v) is 13.6. The molecule has 2 heterocycles. The van der Waals surface area contributed by atoms with E-state index >= 15 is 0 Å². The first-order valence-electron chi connectivity index (χ1n) is 13.2. The van der Waals surface area contributed by atoms with Gasteiger partial charge in [0.25, 0.3) is 5.91 Å². The number of Topliss-reactive ketones (excluding diaryl/α,β-unsaturated/α-hetero) is 1. The minimum Gasteiger partial charge on any atom is -0.503 e. The Morgan fingerprint density at radius 3 is 2.27 bits per heavy atom. The van der Waals surface area contributed by atoms with E-state index in [-0.39, 0.29) is 11.3 Å². The standard InChI is InChI=1S/C32H31ClN2O5/c1-6-34(7-2)23-10-8-20(9-11-23)28-27(30(37)32(38)35(28)24-13-18(3)12-19(4)14-24)29(36)25-16-21-15-22(33)17-26(39-5)31(21)40-25/h8-17,28,37H,6-7H2,1-5H3. The van der Waals surface area contributed by atoms with E-state index in [9.17, 15) is 14.7 Å². The summed E-state index contributed by atoms with van der Waals surface area (Å²) in [6.45, 7) is 9.74. The highest BCUT2D eigenvalue weighted by atomic mass is 35.5. The van der Waals surface area contributed by atoms with Crippen LogP contribution in [-0.4, -0.2) is 37.0 Å². The normalized spacial score (nSPS) is 15.3. The molecule has 206 valence electrons. The molecule has 7 nitrogen and oxygen atoms in total. The lowest BCUT2D eigenvalue weighted by molar-refractivity contribution is -0.117. The van der Waals surface area contributed by atoms with Crippen molar-refractivity contribution < 1.29 is 23.8 Å². The number of aliphatic hydroxyl groups excluding tert-OH is 1. The predicted molar refractivity (Wildman–Crippen MR) is 158 cm³/mol. The fraction of sp³-hybridized carbons (Fsp3) is 0.250. The average Bonchev–Trinajstić information content (AvgIpc) is 3.47. The Bertz CT molecular complexity index is 1630. The number of hydrogen-bond donors (Lipinski definition) is 1. The number of amides is 1. The molecule has 1 unspecified atom stereocenters. The smallest absolute Gasteiger partial charge is 0.294 e. The van der Waals surface area contributed by atoms with Crippen LogP contribution in [0.5, 0.6) is 5.75 Å². The number of fused-ring (bicyclic) bond motifs is 1. The van der Waals surface area contributed by atoms with Crippen LogP contribution in [0.4, 0.5) is 11.4 Å². The van der Waals surface area contributed by atoms with Crippen molar-refractivity contribution in [1.82, 2.24) is 0 Å². The maximum absolute atomic E-state index is 14.0. The Morgan fingerprint density at radius 2 is 1.68 bits per heavy atom. The molecule has 1 aliphatic heterocycles. The van der Waals surface area contributed by atoms with Crippen LogP contribution >= 0.6 is 11.6 Å². The topological polar surface area (TPSA) is 83.2 Å². The first-order chi connectivity index (χ1) is 19.2. The molecule has 40 heavy (non-hydrogen) atoms. The van der Waals surface area contributed by atoms with E-state index in [1.807, 2.05) is 56.3 Å². The number of aliphatic hydroxyl groups is 1. The number of benzene rings is 3. The third kappa shape index (κ3) is 4.71. The highest BCUT2D eigenvalue weighted by Gasteiger charge is 2.45. The number of methoxy groups -OCH3 is 1. The molecule has 4 aromatic rings. The average molecular weight is 559 g/mol. The van der Waals surface area contributed by atoms with Crippen molar-refractivity contribution in [1.29, 1.82) is 0 Å². The van der Waals surface area contributed by atoms with Gasteiger partial charge in [-0.25, -0.2) is 0 Å². The van der Waals surface area contributed by atoms with Gasteiger partial charge >= 0.3 is 0 Å². The maximum atomic E-state index is 14.0. The van der Waals surface area contributed by atoms with Gasteiger partial charge in [0.2, 0.25) is 5.78 Å². The van der Waals surface area contributed by atoms with E-state index in [0.29, 0.717) is 33.0 Å². The van der Waals surface area contributed by atoms with E-state index in [1.165, 1.54) is 12.0 Å². The molecule has 0 saturated carbocycles. The number of ketones is 1.